The summed E-state index contributed by atoms with van der Waals surface area (Å²) in [6, 6.07) is 0. The fraction of sp³-hybridized carbons (Fsp3) is 0.455. The highest BCUT2D eigenvalue weighted by molar-refractivity contribution is 5.96. The van der Waals surface area contributed by atoms with E-state index in [1.165, 1.54) is 0 Å². The molecular weight excluding hydrogens is 176 g/mol. The first kappa shape index (κ1) is 10.7. The molecule has 0 fully saturated rings. The molecule has 0 amide bonds. The maximum atomic E-state index is 11.7. The topological polar surface area (TPSA) is 34.9 Å². The molecule has 0 radical (unpaired) electrons. The van der Waals surface area contributed by atoms with E-state index in [4.69, 9.17) is 0 Å². The highest BCUT2D eigenvalue weighted by atomic mass is 16.1. The van der Waals surface area contributed by atoms with Crippen molar-refractivity contribution in [3.8, 4) is 0 Å². The van der Waals surface area contributed by atoms with Gasteiger partial charge in [0.15, 0.2) is 5.78 Å². The standard InChI is InChI=1S/C11H16N2O/c1-8(2)5-6-11(14)10-7-13(4)12-9(10)3/h7H,1,5-6H2,2-4H3. The van der Waals surface area contributed by atoms with E-state index in [1.807, 2.05) is 20.9 Å². The van der Waals surface area contributed by atoms with E-state index in [-0.39, 0.29) is 5.78 Å². The van der Waals surface area contributed by atoms with Gasteiger partial charge < -0.3 is 0 Å². The molecule has 3 heteroatoms. The summed E-state index contributed by atoms with van der Waals surface area (Å²) >= 11 is 0. The molecule has 14 heavy (non-hydrogen) atoms. The first-order chi connectivity index (χ1) is 6.50. The summed E-state index contributed by atoms with van der Waals surface area (Å²) < 4.78 is 1.67. The lowest BCUT2D eigenvalue weighted by Crippen LogP contribution is -1.99. The molecule has 0 bridgehead atoms. The molecule has 76 valence electrons. The Balaban J connectivity index is 2.69. The van der Waals surface area contributed by atoms with Crippen molar-refractivity contribution in [2.45, 2.75) is 26.7 Å². The molecule has 1 rings (SSSR count). The van der Waals surface area contributed by atoms with Gasteiger partial charge in [0.25, 0.3) is 0 Å². The number of aromatic nitrogens is 2. The Morgan fingerprint density at radius 2 is 2.21 bits per heavy atom. The van der Waals surface area contributed by atoms with Crippen LogP contribution in [0.3, 0.4) is 0 Å². The largest absolute Gasteiger partial charge is 0.294 e. The first-order valence-corrected chi connectivity index (χ1v) is 4.68. The second kappa shape index (κ2) is 4.22. The minimum Gasteiger partial charge on any atom is -0.294 e. The van der Waals surface area contributed by atoms with Crippen LogP contribution in [0, 0.1) is 6.92 Å². The van der Waals surface area contributed by atoms with Crippen LogP contribution >= 0.6 is 0 Å². The van der Waals surface area contributed by atoms with Gasteiger partial charge in [-0.15, -0.1) is 6.58 Å². The van der Waals surface area contributed by atoms with E-state index in [1.54, 1.807) is 10.9 Å². The van der Waals surface area contributed by atoms with Gasteiger partial charge in [-0.3, -0.25) is 9.48 Å². The number of Topliss-reactive ketones (excluding diaryl/α,β-unsaturated/α-hetero) is 1. The minimum absolute atomic E-state index is 0.151. The van der Waals surface area contributed by atoms with Gasteiger partial charge >= 0.3 is 0 Å². The van der Waals surface area contributed by atoms with Gasteiger partial charge in [0.1, 0.15) is 0 Å². The Labute approximate surface area is 84.4 Å². The van der Waals surface area contributed by atoms with E-state index >= 15 is 0 Å². The van der Waals surface area contributed by atoms with E-state index < -0.39 is 0 Å². The predicted octanol–water partition coefficient (Wildman–Crippen LogP) is 2.27. The van der Waals surface area contributed by atoms with Crippen molar-refractivity contribution in [3.05, 3.63) is 29.6 Å². The molecule has 0 aliphatic rings. The fourth-order valence-electron chi connectivity index (χ4n) is 1.33. The van der Waals surface area contributed by atoms with Crippen molar-refractivity contribution in [3.63, 3.8) is 0 Å². The number of ketones is 1. The molecule has 0 spiro atoms. The zero-order chi connectivity index (χ0) is 10.7. The zero-order valence-corrected chi connectivity index (χ0v) is 9.00. The molecule has 1 aromatic rings. The molecule has 1 heterocycles. The van der Waals surface area contributed by atoms with Gasteiger partial charge in [0, 0.05) is 19.7 Å². The van der Waals surface area contributed by atoms with E-state index in [0.29, 0.717) is 6.42 Å². The average Bonchev–Trinajstić information content (AvgIpc) is 2.41. The first-order valence-electron chi connectivity index (χ1n) is 4.68. The van der Waals surface area contributed by atoms with Crippen LogP contribution in [0.5, 0.6) is 0 Å². The Morgan fingerprint density at radius 1 is 1.57 bits per heavy atom. The fourth-order valence-corrected chi connectivity index (χ4v) is 1.33. The monoisotopic (exact) mass is 192 g/mol. The quantitative estimate of drug-likeness (QED) is 0.542. The van der Waals surface area contributed by atoms with Crippen LogP contribution in [0.2, 0.25) is 0 Å². The van der Waals surface area contributed by atoms with Crippen molar-refractivity contribution in [2.75, 3.05) is 0 Å². The summed E-state index contributed by atoms with van der Waals surface area (Å²) in [6.45, 7) is 7.56. The average molecular weight is 192 g/mol. The number of nitrogens with zero attached hydrogens (tertiary/aromatic N) is 2. The van der Waals surface area contributed by atoms with Crippen molar-refractivity contribution in [1.82, 2.24) is 9.78 Å². The highest BCUT2D eigenvalue weighted by Gasteiger charge is 2.11. The Morgan fingerprint density at radius 3 is 2.64 bits per heavy atom. The normalized spacial score (nSPS) is 10.2. The third-order valence-corrected chi connectivity index (χ3v) is 2.09. The second-order valence-corrected chi connectivity index (χ2v) is 3.68. The van der Waals surface area contributed by atoms with Gasteiger partial charge in [-0.1, -0.05) is 5.57 Å². The molecule has 1 aromatic heterocycles. The number of carbonyl (C=O) groups is 1. The highest BCUT2D eigenvalue weighted by Crippen LogP contribution is 2.11. The number of carbonyl (C=O) groups excluding carboxylic acids is 1. The lowest BCUT2D eigenvalue weighted by molar-refractivity contribution is 0.0982. The summed E-state index contributed by atoms with van der Waals surface area (Å²) in [4.78, 5) is 11.7. The Bertz CT molecular complexity index is 363. The van der Waals surface area contributed by atoms with Crippen LogP contribution < -0.4 is 0 Å². The molecule has 0 saturated heterocycles. The summed E-state index contributed by atoms with van der Waals surface area (Å²) in [5, 5.41) is 4.13. The molecule has 0 aliphatic carbocycles. The van der Waals surface area contributed by atoms with Gasteiger partial charge in [0.05, 0.1) is 11.3 Å². The maximum absolute atomic E-state index is 11.7. The molecule has 3 nitrogen and oxygen atoms in total. The number of hydrogen-bond donors (Lipinski definition) is 0. The molecule has 0 unspecified atom stereocenters. The van der Waals surface area contributed by atoms with Crippen LogP contribution in [-0.2, 0) is 7.05 Å². The van der Waals surface area contributed by atoms with Gasteiger partial charge in [-0.05, 0) is 20.3 Å². The molecule has 0 aliphatic heterocycles. The number of rotatable bonds is 4. The number of hydrogen-bond acceptors (Lipinski definition) is 2. The zero-order valence-electron chi connectivity index (χ0n) is 9.00. The second-order valence-electron chi connectivity index (χ2n) is 3.68. The van der Waals surface area contributed by atoms with E-state index in [0.717, 1.165) is 23.3 Å². The Hall–Kier alpha value is -1.38. The van der Waals surface area contributed by atoms with Crippen molar-refractivity contribution >= 4 is 5.78 Å². The SMILES string of the molecule is C=C(C)CCC(=O)c1cn(C)nc1C. The number of aryl methyl sites for hydroxylation is 2. The molecule has 0 saturated carbocycles. The van der Waals surface area contributed by atoms with Crippen LogP contribution in [0.15, 0.2) is 18.3 Å². The van der Waals surface area contributed by atoms with Gasteiger partial charge in [-0.2, -0.15) is 5.10 Å². The smallest absolute Gasteiger partial charge is 0.166 e. The molecule has 0 atom stereocenters. The van der Waals surface area contributed by atoms with Crippen LogP contribution in [0.1, 0.15) is 35.8 Å². The third-order valence-electron chi connectivity index (χ3n) is 2.09. The molecular formula is C11H16N2O. The van der Waals surface area contributed by atoms with Crippen molar-refractivity contribution in [1.29, 1.82) is 0 Å². The maximum Gasteiger partial charge on any atom is 0.166 e. The molecule has 0 N–H and O–H groups in total. The van der Waals surface area contributed by atoms with Crippen LogP contribution in [0.25, 0.3) is 0 Å². The van der Waals surface area contributed by atoms with Gasteiger partial charge in [0.2, 0.25) is 0 Å². The van der Waals surface area contributed by atoms with Crippen LogP contribution in [0.4, 0.5) is 0 Å². The van der Waals surface area contributed by atoms with Crippen molar-refractivity contribution in [2.24, 2.45) is 7.05 Å². The minimum atomic E-state index is 0.151. The number of allylic oxidation sites excluding steroid dienone is 1. The summed E-state index contributed by atoms with van der Waals surface area (Å²) in [7, 11) is 1.82. The van der Waals surface area contributed by atoms with E-state index in [9.17, 15) is 4.79 Å². The Kier molecular flexibility index (Phi) is 3.23. The van der Waals surface area contributed by atoms with E-state index in [2.05, 4.69) is 11.7 Å². The molecule has 0 aromatic carbocycles. The third kappa shape index (κ3) is 2.55. The predicted molar refractivity (Wildman–Crippen MR) is 56.3 cm³/mol. The van der Waals surface area contributed by atoms with Crippen molar-refractivity contribution < 1.29 is 4.79 Å². The lowest BCUT2D eigenvalue weighted by Gasteiger charge is -1.98. The van der Waals surface area contributed by atoms with Gasteiger partial charge in [-0.25, -0.2) is 0 Å². The van der Waals surface area contributed by atoms with Crippen LogP contribution in [-0.4, -0.2) is 15.6 Å². The summed E-state index contributed by atoms with van der Waals surface area (Å²) in [6.07, 6.45) is 3.06. The lowest BCUT2D eigenvalue weighted by atomic mass is 10.1. The summed E-state index contributed by atoms with van der Waals surface area (Å²) in [5.41, 5.74) is 2.58. The summed E-state index contributed by atoms with van der Waals surface area (Å²) in [5.74, 6) is 0.151.